The van der Waals surface area contributed by atoms with Gasteiger partial charge in [0, 0.05) is 37.8 Å². The largest absolute Gasteiger partial charge is 0.493 e. The number of fused-ring (bicyclic) bond motifs is 2. The number of ether oxygens (including phenoxy) is 1. The molecule has 1 N–H and O–H groups in total. The van der Waals surface area contributed by atoms with E-state index in [1.807, 2.05) is 36.4 Å². The minimum Gasteiger partial charge on any atom is -0.493 e. The Labute approximate surface area is 157 Å². The Hall–Kier alpha value is -2.89. The molecule has 2 aliphatic rings. The number of carboxylic acid groups (broad SMARTS) is 1. The molecule has 27 heavy (non-hydrogen) atoms. The van der Waals surface area contributed by atoms with Crippen molar-refractivity contribution in [3.8, 4) is 5.75 Å². The smallest absolute Gasteiger partial charge is 0.312 e. The van der Waals surface area contributed by atoms with Crippen LogP contribution in [0.1, 0.15) is 17.5 Å². The first-order valence-electron chi connectivity index (χ1n) is 9.19. The first-order valence-corrected chi connectivity index (χ1v) is 9.19. The van der Waals surface area contributed by atoms with E-state index in [2.05, 4.69) is 4.98 Å². The summed E-state index contributed by atoms with van der Waals surface area (Å²) < 4.78 is 5.89. The highest BCUT2D eigenvalue weighted by Gasteiger charge is 2.55. The molecule has 4 rings (SSSR count). The molecule has 140 valence electrons. The molecule has 1 aromatic heterocycles. The number of benzene rings is 1. The lowest BCUT2D eigenvalue weighted by Gasteiger charge is -2.27. The van der Waals surface area contributed by atoms with Gasteiger partial charge < -0.3 is 14.7 Å². The normalized spacial score (nSPS) is 23.7. The molecular weight excluding hydrogens is 344 g/mol. The third-order valence-corrected chi connectivity index (χ3v) is 5.77. The van der Waals surface area contributed by atoms with Gasteiger partial charge in [-0.15, -0.1) is 0 Å². The Morgan fingerprint density at radius 2 is 2.00 bits per heavy atom. The fourth-order valence-corrected chi connectivity index (χ4v) is 4.18. The van der Waals surface area contributed by atoms with Crippen LogP contribution in [0.4, 0.5) is 0 Å². The number of carboxylic acids is 1. The van der Waals surface area contributed by atoms with Crippen molar-refractivity contribution in [3.05, 3.63) is 59.9 Å². The Morgan fingerprint density at radius 3 is 2.78 bits per heavy atom. The summed E-state index contributed by atoms with van der Waals surface area (Å²) in [7, 11) is 0. The van der Waals surface area contributed by atoms with Crippen LogP contribution in [0.15, 0.2) is 48.8 Å². The van der Waals surface area contributed by atoms with Gasteiger partial charge in [0.25, 0.3) is 0 Å². The predicted octanol–water partition coefficient (Wildman–Crippen LogP) is 2.18. The predicted molar refractivity (Wildman–Crippen MR) is 98.3 cm³/mol. The standard InChI is InChI=1S/C21H22N2O4/c24-19(6-5-15-7-9-22-10-8-15)23-12-17-13-27-18-4-2-1-3-16(18)11-21(17,14-23)20(25)26/h1-4,7-10,17H,5-6,11-14H2,(H,25,26). The second-order valence-electron chi connectivity index (χ2n) is 7.38. The number of pyridine rings is 1. The summed E-state index contributed by atoms with van der Waals surface area (Å²) in [6.07, 6.45) is 4.80. The number of rotatable bonds is 4. The second kappa shape index (κ2) is 7.02. The number of likely N-dealkylation sites (tertiary alicyclic amines) is 1. The van der Waals surface area contributed by atoms with Gasteiger partial charge in [0.2, 0.25) is 5.91 Å². The summed E-state index contributed by atoms with van der Waals surface area (Å²) in [5.74, 6) is -0.318. The zero-order chi connectivity index (χ0) is 18.9. The molecule has 6 nitrogen and oxygen atoms in total. The van der Waals surface area contributed by atoms with Crippen LogP contribution in [-0.2, 0) is 22.4 Å². The minimum atomic E-state index is -0.987. The van der Waals surface area contributed by atoms with E-state index in [0.29, 0.717) is 32.4 Å². The fraction of sp³-hybridized carbons (Fsp3) is 0.381. The first-order chi connectivity index (χ1) is 13.1. The average Bonchev–Trinajstić information content (AvgIpc) is 2.98. The molecule has 0 radical (unpaired) electrons. The Bertz CT molecular complexity index is 854. The summed E-state index contributed by atoms with van der Waals surface area (Å²) >= 11 is 0. The quantitative estimate of drug-likeness (QED) is 0.897. The van der Waals surface area contributed by atoms with E-state index in [-0.39, 0.29) is 18.4 Å². The SMILES string of the molecule is O=C(CCc1ccncc1)N1CC2COc3ccccc3CC2(C(=O)O)C1. The van der Waals surface area contributed by atoms with E-state index in [0.717, 1.165) is 16.9 Å². The maximum atomic E-state index is 12.7. The minimum absolute atomic E-state index is 0.00574. The highest BCUT2D eigenvalue weighted by Crippen LogP contribution is 2.44. The number of hydrogen-bond acceptors (Lipinski definition) is 4. The number of nitrogens with zero attached hydrogens (tertiary/aromatic N) is 2. The van der Waals surface area contributed by atoms with Crippen molar-refractivity contribution in [2.75, 3.05) is 19.7 Å². The number of carbonyl (C=O) groups is 2. The van der Waals surface area contributed by atoms with Crippen molar-refractivity contribution in [2.24, 2.45) is 11.3 Å². The van der Waals surface area contributed by atoms with Crippen molar-refractivity contribution < 1.29 is 19.4 Å². The molecule has 2 aromatic rings. The molecule has 2 atom stereocenters. The maximum absolute atomic E-state index is 12.7. The van der Waals surface area contributed by atoms with E-state index in [1.54, 1.807) is 17.3 Å². The van der Waals surface area contributed by atoms with Crippen molar-refractivity contribution in [3.63, 3.8) is 0 Å². The van der Waals surface area contributed by atoms with E-state index in [4.69, 9.17) is 4.74 Å². The molecule has 3 heterocycles. The number of aliphatic carboxylic acids is 1. The number of aryl methyl sites for hydroxylation is 1. The van der Waals surface area contributed by atoms with E-state index in [9.17, 15) is 14.7 Å². The van der Waals surface area contributed by atoms with Crippen molar-refractivity contribution in [1.29, 1.82) is 0 Å². The Balaban J connectivity index is 1.51. The summed E-state index contributed by atoms with van der Waals surface area (Å²) in [6, 6.07) is 11.4. The molecule has 6 heteroatoms. The van der Waals surface area contributed by atoms with Crippen LogP contribution in [0.3, 0.4) is 0 Å². The topological polar surface area (TPSA) is 79.7 Å². The van der Waals surface area contributed by atoms with Crippen LogP contribution in [0.2, 0.25) is 0 Å². The molecule has 0 saturated carbocycles. The van der Waals surface area contributed by atoms with Gasteiger partial charge >= 0.3 is 5.97 Å². The van der Waals surface area contributed by atoms with Gasteiger partial charge in [0.05, 0.1) is 12.0 Å². The lowest BCUT2D eigenvalue weighted by atomic mass is 9.74. The van der Waals surface area contributed by atoms with Gasteiger partial charge in [0.1, 0.15) is 5.75 Å². The van der Waals surface area contributed by atoms with Crippen molar-refractivity contribution in [1.82, 2.24) is 9.88 Å². The van der Waals surface area contributed by atoms with E-state index in [1.165, 1.54) is 0 Å². The van der Waals surface area contributed by atoms with Crippen molar-refractivity contribution in [2.45, 2.75) is 19.3 Å². The highest BCUT2D eigenvalue weighted by atomic mass is 16.5. The van der Waals surface area contributed by atoms with Crippen LogP contribution in [0.25, 0.3) is 0 Å². The Kier molecular flexibility index (Phi) is 4.56. The summed E-state index contributed by atoms with van der Waals surface area (Å²) in [5.41, 5.74) is 0.962. The summed E-state index contributed by atoms with van der Waals surface area (Å²) in [4.78, 5) is 30.7. The van der Waals surface area contributed by atoms with Gasteiger partial charge in [-0.2, -0.15) is 0 Å². The number of para-hydroxylation sites is 1. The molecule has 1 fully saturated rings. The fourth-order valence-electron chi connectivity index (χ4n) is 4.18. The number of hydrogen-bond donors (Lipinski definition) is 1. The van der Waals surface area contributed by atoms with Gasteiger partial charge in [-0.05, 0) is 42.2 Å². The summed E-state index contributed by atoms with van der Waals surface area (Å²) in [5, 5.41) is 10.1. The molecule has 1 saturated heterocycles. The van der Waals surface area contributed by atoms with Gasteiger partial charge in [-0.3, -0.25) is 14.6 Å². The third-order valence-electron chi connectivity index (χ3n) is 5.77. The monoisotopic (exact) mass is 366 g/mol. The molecule has 0 spiro atoms. The lowest BCUT2D eigenvalue weighted by Crippen LogP contribution is -2.42. The number of carbonyl (C=O) groups excluding carboxylic acids is 1. The zero-order valence-electron chi connectivity index (χ0n) is 15.0. The van der Waals surface area contributed by atoms with E-state index >= 15 is 0 Å². The molecule has 0 aliphatic carbocycles. The number of aromatic nitrogens is 1. The third kappa shape index (κ3) is 3.27. The zero-order valence-corrected chi connectivity index (χ0v) is 15.0. The molecule has 2 aliphatic heterocycles. The van der Waals surface area contributed by atoms with Gasteiger partial charge in [0.15, 0.2) is 0 Å². The van der Waals surface area contributed by atoms with Crippen molar-refractivity contribution >= 4 is 11.9 Å². The number of amides is 1. The van der Waals surface area contributed by atoms with Gasteiger partial charge in [-0.25, -0.2) is 0 Å². The Morgan fingerprint density at radius 1 is 1.22 bits per heavy atom. The average molecular weight is 366 g/mol. The van der Waals surface area contributed by atoms with Crippen LogP contribution in [0.5, 0.6) is 5.75 Å². The van der Waals surface area contributed by atoms with Crippen LogP contribution >= 0.6 is 0 Å². The maximum Gasteiger partial charge on any atom is 0.312 e. The van der Waals surface area contributed by atoms with Crippen LogP contribution in [0, 0.1) is 11.3 Å². The highest BCUT2D eigenvalue weighted by molar-refractivity contribution is 5.81. The van der Waals surface area contributed by atoms with Gasteiger partial charge in [-0.1, -0.05) is 18.2 Å². The van der Waals surface area contributed by atoms with Crippen LogP contribution < -0.4 is 4.74 Å². The van der Waals surface area contributed by atoms with Crippen LogP contribution in [-0.4, -0.2) is 46.6 Å². The first kappa shape index (κ1) is 17.5. The molecule has 2 unspecified atom stereocenters. The molecule has 0 bridgehead atoms. The van der Waals surface area contributed by atoms with E-state index < -0.39 is 11.4 Å². The molecule has 1 aromatic carbocycles. The summed E-state index contributed by atoms with van der Waals surface area (Å²) in [6.45, 7) is 0.979. The molecule has 1 amide bonds. The second-order valence-corrected chi connectivity index (χ2v) is 7.38. The molecular formula is C21H22N2O4. The lowest BCUT2D eigenvalue weighted by molar-refractivity contribution is -0.151.